The van der Waals surface area contributed by atoms with E-state index in [0.717, 1.165) is 0 Å². The quantitative estimate of drug-likeness (QED) is 0.133. The minimum atomic E-state index is -0.155. The number of benzene rings is 19. The van der Waals surface area contributed by atoms with E-state index in [1.54, 1.807) is 0 Å². The van der Waals surface area contributed by atoms with Crippen LogP contribution in [-0.2, 0) is 10.8 Å². The molecule has 2 aliphatic rings. The van der Waals surface area contributed by atoms with E-state index in [1.165, 1.54) is 209 Å². The van der Waals surface area contributed by atoms with Gasteiger partial charge in [0.25, 0.3) is 0 Å². The fraction of sp³-hybridized carbons (Fsp3) is 0.0566. The van der Waals surface area contributed by atoms with Crippen molar-refractivity contribution in [3.05, 3.63) is 398 Å². The molecule has 106 heavy (non-hydrogen) atoms. The summed E-state index contributed by atoms with van der Waals surface area (Å²) in [6, 6.07) is 139. The van der Waals surface area contributed by atoms with Gasteiger partial charge in [-0.15, -0.1) is 0 Å². The Morgan fingerprint density at radius 1 is 0.142 bits per heavy atom. The molecule has 0 radical (unpaired) electrons. The molecule has 0 aliphatic heterocycles. The third-order valence-electron chi connectivity index (χ3n) is 23.4. The Morgan fingerprint density at radius 2 is 0.415 bits per heavy atom. The first kappa shape index (κ1) is 62.8. The first-order valence-electron chi connectivity index (χ1n) is 37.3. The van der Waals surface area contributed by atoms with Crippen LogP contribution in [-0.4, -0.2) is 0 Å². The molecule has 0 saturated heterocycles. The van der Waals surface area contributed by atoms with Crippen LogP contribution in [0.4, 0.5) is 0 Å². The van der Waals surface area contributed by atoms with Gasteiger partial charge in [0.05, 0.1) is 0 Å². The van der Waals surface area contributed by atoms with Gasteiger partial charge < -0.3 is 0 Å². The number of fused-ring (bicyclic) bond motifs is 15. The van der Waals surface area contributed by atoms with Gasteiger partial charge in [0.1, 0.15) is 0 Å². The summed E-state index contributed by atoms with van der Waals surface area (Å²) in [5.74, 6) is 0. The molecule has 0 heteroatoms. The highest BCUT2D eigenvalue weighted by Crippen LogP contribution is 2.58. The van der Waals surface area contributed by atoms with Crippen molar-refractivity contribution < 1.29 is 0 Å². The molecule has 0 bridgehead atoms. The Hall–Kier alpha value is -13.0. The summed E-state index contributed by atoms with van der Waals surface area (Å²) >= 11 is 0. The summed E-state index contributed by atoms with van der Waals surface area (Å²) < 4.78 is 0. The number of hydrogen-bond donors (Lipinski definition) is 0. The Morgan fingerprint density at radius 3 is 0.849 bits per heavy atom. The van der Waals surface area contributed by atoms with Crippen molar-refractivity contribution in [2.45, 2.75) is 38.5 Å². The second-order valence-electron chi connectivity index (χ2n) is 30.0. The third-order valence-corrected chi connectivity index (χ3v) is 23.4. The monoisotopic (exact) mass is 1350 g/mol. The average molecular weight is 1350 g/mol. The highest BCUT2D eigenvalue weighted by Gasteiger charge is 2.41. The maximum Gasteiger partial charge on any atom is 0.0171 e. The minimum Gasteiger partial charge on any atom is -0.0622 e. The SMILES string of the molecule is CC1(C)c2c(-c3cccc(-c4c5ccccc5c(-c5ccccc5-c5ccc6ccccc6c5)c5ccccc45)c3)cccc2-c2ccc3ccccc3c21.CC1(C)c2c(-c3cccc(-c4c5ccccc5c(-c5ccccc5-c5ccccc5)c5ccccc45)c3)cccc2-c2ccc3ccccc3c21. The van der Waals surface area contributed by atoms with Crippen LogP contribution < -0.4 is 0 Å². The van der Waals surface area contributed by atoms with E-state index in [1.807, 2.05) is 0 Å². The largest absolute Gasteiger partial charge is 0.0622 e. The van der Waals surface area contributed by atoms with Crippen LogP contribution in [0, 0.1) is 0 Å². The number of hydrogen-bond acceptors (Lipinski definition) is 0. The van der Waals surface area contributed by atoms with Crippen LogP contribution in [0.15, 0.2) is 376 Å². The van der Waals surface area contributed by atoms with Crippen molar-refractivity contribution in [2.24, 2.45) is 0 Å². The van der Waals surface area contributed by atoms with E-state index in [-0.39, 0.29) is 10.8 Å². The van der Waals surface area contributed by atoms with E-state index < -0.39 is 0 Å². The Balaban J connectivity index is 0.000000141. The summed E-state index contributed by atoms with van der Waals surface area (Å²) in [7, 11) is 0. The molecule has 0 saturated carbocycles. The summed E-state index contributed by atoms with van der Waals surface area (Å²) in [4.78, 5) is 0. The molecule has 0 heterocycles. The standard InChI is InChI=1S/C55H38.C51H36/c1-55(2)53-42-21-6-5-16-36(42)31-32-50(53)49-28-14-27-43(54(49)55)38-18-13-19-40(34-38)51-45-23-9-11-25-47(45)52(48-26-12-10-24-46(48)51)44-22-8-7-20-41(44)39-30-29-35-15-3-4-17-37(35)33-39;1-51(2)49-38-22-7-6-18-34(38)30-31-46(49)45-29-15-28-39(50(45)51)35-19-14-20-36(32-35)47-41-24-10-12-26-43(41)48(44-27-13-11-25-42(44)47)40-23-9-8-21-37(40)33-16-4-3-5-17-33/h3-34H,1-2H3;3-32H,1-2H3. The molecule has 2 aliphatic carbocycles. The predicted molar refractivity (Wildman–Crippen MR) is 454 cm³/mol. The fourth-order valence-corrected chi connectivity index (χ4v) is 19.0. The fourth-order valence-electron chi connectivity index (χ4n) is 19.0. The lowest BCUT2D eigenvalue weighted by Gasteiger charge is -2.26. The van der Waals surface area contributed by atoms with Crippen molar-refractivity contribution in [3.63, 3.8) is 0 Å². The van der Waals surface area contributed by atoms with E-state index >= 15 is 0 Å². The van der Waals surface area contributed by atoms with Crippen molar-refractivity contribution in [1.82, 2.24) is 0 Å². The van der Waals surface area contributed by atoms with E-state index in [4.69, 9.17) is 0 Å². The molecule has 0 N–H and O–H groups in total. The van der Waals surface area contributed by atoms with Gasteiger partial charge in [0, 0.05) is 10.8 Å². The second-order valence-corrected chi connectivity index (χ2v) is 30.0. The zero-order chi connectivity index (χ0) is 70.8. The van der Waals surface area contributed by atoms with Crippen molar-refractivity contribution in [1.29, 1.82) is 0 Å². The van der Waals surface area contributed by atoms with E-state index in [2.05, 4.69) is 404 Å². The Bertz CT molecular complexity index is 6700. The van der Waals surface area contributed by atoms with Crippen LogP contribution in [0.2, 0.25) is 0 Å². The molecule has 19 aromatic rings. The normalized spacial score (nSPS) is 13.1. The summed E-state index contributed by atoms with van der Waals surface area (Å²) in [5, 5.41) is 17.9. The van der Waals surface area contributed by atoms with Gasteiger partial charge >= 0.3 is 0 Å². The van der Waals surface area contributed by atoms with Gasteiger partial charge in [-0.25, -0.2) is 0 Å². The van der Waals surface area contributed by atoms with Crippen LogP contribution in [0.3, 0.4) is 0 Å². The van der Waals surface area contributed by atoms with Crippen molar-refractivity contribution >= 4 is 75.4 Å². The van der Waals surface area contributed by atoms with Crippen molar-refractivity contribution in [2.75, 3.05) is 0 Å². The first-order valence-corrected chi connectivity index (χ1v) is 37.3. The Labute approximate surface area is 619 Å². The molecule has 0 fully saturated rings. The highest BCUT2D eigenvalue weighted by molar-refractivity contribution is 6.24. The Kier molecular flexibility index (Phi) is 14.7. The molecule has 0 aromatic heterocycles. The highest BCUT2D eigenvalue weighted by atomic mass is 14.4. The zero-order valence-corrected chi connectivity index (χ0v) is 59.8. The molecular weight excluding hydrogens is 1270 g/mol. The number of rotatable bonds is 8. The molecule has 0 unspecified atom stereocenters. The molecule has 498 valence electrons. The zero-order valence-electron chi connectivity index (χ0n) is 59.8. The smallest absolute Gasteiger partial charge is 0.0171 e. The molecule has 19 aromatic carbocycles. The van der Waals surface area contributed by atoms with Crippen LogP contribution in [0.5, 0.6) is 0 Å². The molecular formula is C106H74. The average Bonchev–Trinajstić information content (AvgIpc) is 1.51. The van der Waals surface area contributed by atoms with Gasteiger partial charge in [0.2, 0.25) is 0 Å². The van der Waals surface area contributed by atoms with Crippen LogP contribution in [0.1, 0.15) is 49.9 Å². The maximum absolute atomic E-state index is 2.43. The van der Waals surface area contributed by atoms with Gasteiger partial charge in [-0.3, -0.25) is 0 Å². The lowest BCUT2D eigenvalue weighted by molar-refractivity contribution is 0.668. The van der Waals surface area contributed by atoms with Crippen LogP contribution in [0.25, 0.3) is 187 Å². The molecule has 0 nitrogen and oxygen atoms in total. The topological polar surface area (TPSA) is 0 Å². The molecule has 0 amide bonds. The molecule has 0 atom stereocenters. The van der Waals surface area contributed by atoms with Gasteiger partial charge in [-0.2, -0.15) is 0 Å². The van der Waals surface area contributed by atoms with Crippen molar-refractivity contribution in [3.8, 4) is 111 Å². The first-order chi connectivity index (χ1) is 52.2. The molecule has 0 spiro atoms. The summed E-state index contributed by atoms with van der Waals surface area (Å²) in [5.41, 5.74) is 31.0. The second kappa shape index (κ2) is 24.9. The summed E-state index contributed by atoms with van der Waals surface area (Å²) in [6.07, 6.45) is 0. The van der Waals surface area contributed by atoms with E-state index in [0.29, 0.717) is 0 Å². The summed E-state index contributed by atoms with van der Waals surface area (Å²) in [6.45, 7) is 9.63. The molecule has 21 rings (SSSR count). The third kappa shape index (κ3) is 9.89. The minimum absolute atomic E-state index is 0.148. The van der Waals surface area contributed by atoms with Gasteiger partial charge in [0.15, 0.2) is 0 Å². The predicted octanol–water partition coefficient (Wildman–Crippen LogP) is 29.4. The van der Waals surface area contributed by atoms with Gasteiger partial charge in [-0.05, 0) is 227 Å². The van der Waals surface area contributed by atoms with Crippen LogP contribution >= 0.6 is 0 Å². The lowest BCUT2D eigenvalue weighted by atomic mass is 9.77. The lowest BCUT2D eigenvalue weighted by Crippen LogP contribution is -2.16. The maximum atomic E-state index is 2.43. The van der Waals surface area contributed by atoms with E-state index in [9.17, 15) is 0 Å². The van der Waals surface area contributed by atoms with Gasteiger partial charge in [-0.1, -0.05) is 386 Å².